The standard InChI is InChI=1S/C22H28F2N4O4S.C2H6/c1-13-11-27(7-8-28(13)33-2)21(29)19-18(10-25)31-20(26-19)15-5-6-16(32-22(23)24)17(9-15)30-12-14-3-4-14;1-2/h5-6,9,13-14,22H,3-4,7-8,10-12,25H2,1-2H3;1-2H3/t13-;/m1./s1. The number of oxazole rings is 1. The molecule has 1 aliphatic heterocycles. The molecule has 1 aromatic heterocycles. The van der Waals surface area contributed by atoms with Gasteiger partial charge in [0.25, 0.3) is 5.91 Å². The summed E-state index contributed by atoms with van der Waals surface area (Å²) in [7, 11) is 0. The molecule has 8 nitrogen and oxygen atoms in total. The van der Waals surface area contributed by atoms with Gasteiger partial charge in [-0.25, -0.2) is 9.29 Å². The highest BCUT2D eigenvalue weighted by Crippen LogP contribution is 2.37. The van der Waals surface area contributed by atoms with E-state index in [2.05, 4.69) is 20.9 Å². The van der Waals surface area contributed by atoms with Gasteiger partial charge in [-0.1, -0.05) is 25.8 Å². The number of halogens is 2. The van der Waals surface area contributed by atoms with E-state index in [-0.39, 0.29) is 47.3 Å². The number of rotatable bonds is 9. The molecular weight excluding hydrogens is 478 g/mol. The van der Waals surface area contributed by atoms with Gasteiger partial charge in [0.2, 0.25) is 5.89 Å². The van der Waals surface area contributed by atoms with Crippen LogP contribution in [0.15, 0.2) is 22.6 Å². The van der Waals surface area contributed by atoms with E-state index in [1.807, 2.05) is 20.1 Å². The molecule has 1 aliphatic carbocycles. The van der Waals surface area contributed by atoms with Crippen LogP contribution in [0.25, 0.3) is 11.5 Å². The Balaban J connectivity index is 0.00000167. The fraction of sp³-hybridized carbons (Fsp3) is 0.583. The summed E-state index contributed by atoms with van der Waals surface area (Å²) >= 11 is 1.66. The molecule has 4 rings (SSSR count). The lowest BCUT2D eigenvalue weighted by atomic mass is 10.2. The fourth-order valence-electron chi connectivity index (χ4n) is 3.77. The molecular formula is C24H34F2N4O4S. The highest BCUT2D eigenvalue weighted by molar-refractivity contribution is 7.96. The topological polar surface area (TPSA) is 94.1 Å². The van der Waals surface area contributed by atoms with Crippen LogP contribution in [-0.4, -0.2) is 65.2 Å². The first kappa shape index (κ1) is 27.2. The molecule has 2 heterocycles. The smallest absolute Gasteiger partial charge is 0.387 e. The molecule has 0 bridgehead atoms. The lowest BCUT2D eigenvalue weighted by Crippen LogP contribution is -2.51. The van der Waals surface area contributed by atoms with Crippen LogP contribution in [0.4, 0.5) is 8.78 Å². The van der Waals surface area contributed by atoms with Crippen LogP contribution in [-0.2, 0) is 6.54 Å². The van der Waals surface area contributed by atoms with E-state index in [1.165, 1.54) is 6.07 Å². The lowest BCUT2D eigenvalue weighted by Gasteiger charge is -2.38. The van der Waals surface area contributed by atoms with E-state index in [0.717, 1.165) is 19.4 Å². The molecule has 0 radical (unpaired) electrons. The zero-order valence-corrected chi connectivity index (χ0v) is 21.4. The minimum absolute atomic E-state index is 0.00597. The molecule has 11 heteroatoms. The molecule has 2 fully saturated rings. The average Bonchev–Trinajstić information content (AvgIpc) is 3.59. The quantitative estimate of drug-likeness (QED) is 0.486. The highest BCUT2D eigenvalue weighted by atomic mass is 32.2. The number of benzene rings is 1. The first-order valence-corrected chi connectivity index (χ1v) is 13.1. The van der Waals surface area contributed by atoms with Crippen molar-refractivity contribution in [1.29, 1.82) is 0 Å². The number of carbonyl (C=O) groups is 1. The second-order valence-electron chi connectivity index (χ2n) is 8.21. The molecule has 35 heavy (non-hydrogen) atoms. The van der Waals surface area contributed by atoms with E-state index in [1.54, 1.807) is 29.0 Å². The zero-order chi connectivity index (χ0) is 25.5. The Morgan fingerprint density at radius 1 is 1.29 bits per heavy atom. The Hall–Kier alpha value is -2.37. The summed E-state index contributed by atoms with van der Waals surface area (Å²) in [6, 6.07) is 4.68. The Morgan fingerprint density at radius 2 is 2.03 bits per heavy atom. The lowest BCUT2D eigenvalue weighted by molar-refractivity contribution is -0.0515. The van der Waals surface area contributed by atoms with Crippen LogP contribution < -0.4 is 15.2 Å². The maximum Gasteiger partial charge on any atom is 0.387 e. The van der Waals surface area contributed by atoms with Crippen LogP contribution in [0.2, 0.25) is 0 Å². The maximum absolute atomic E-state index is 13.2. The van der Waals surface area contributed by atoms with Crippen molar-refractivity contribution in [2.45, 2.75) is 52.8 Å². The number of alkyl halides is 2. The molecule has 2 N–H and O–H groups in total. The summed E-state index contributed by atoms with van der Waals surface area (Å²) in [5.74, 6) is 0.773. The van der Waals surface area contributed by atoms with Gasteiger partial charge in [0, 0.05) is 31.2 Å². The van der Waals surface area contributed by atoms with Crippen LogP contribution in [0.5, 0.6) is 11.5 Å². The third-order valence-corrected chi connectivity index (χ3v) is 6.76. The molecule has 1 amide bonds. The van der Waals surface area contributed by atoms with Crippen molar-refractivity contribution in [3.8, 4) is 23.0 Å². The van der Waals surface area contributed by atoms with Gasteiger partial charge in [-0.2, -0.15) is 8.78 Å². The van der Waals surface area contributed by atoms with Crippen LogP contribution in [0, 0.1) is 5.92 Å². The number of aromatic nitrogens is 1. The van der Waals surface area contributed by atoms with Crippen molar-refractivity contribution in [2.75, 3.05) is 32.5 Å². The summed E-state index contributed by atoms with van der Waals surface area (Å²) in [4.78, 5) is 19.4. The first-order valence-electron chi connectivity index (χ1n) is 11.9. The average molecular weight is 513 g/mol. The number of amides is 1. The van der Waals surface area contributed by atoms with Gasteiger partial charge < -0.3 is 24.5 Å². The van der Waals surface area contributed by atoms with Crippen LogP contribution in [0.1, 0.15) is 49.9 Å². The number of nitrogens with two attached hydrogens (primary N) is 1. The summed E-state index contributed by atoms with van der Waals surface area (Å²) in [5, 5.41) is 0. The molecule has 0 spiro atoms. The van der Waals surface area contributed by atoms with Crippen molar-refractivity contribution >= 4 is 17.9 Å². The highest BCUT2D eigenvalue weighted by Gasteiger charge is 2.31. The Morgan fingerprint density at radius 3 is 2.63 bits per heavy atom. The first-order chi connectivity index (χ1) is 16.9. The second kappa shape index (κ2) is 12.5. The number of carbonyl (C=O) groups excluding carboxylic acids is 1. The maximum atomic E-state index is 13.2. The third-order valence-electron chi connectivity index (χ3n) is 5.75. The number of hydrogen-bond donors (Lipinski definition) is 1. The van der Waals surface area contributed by atoms with Gasteiger partial charge in [-0.05, 0) is 50.1 Å². The molecule has 194 valence electrons. The predicted molar refractivity (Wildman–Crippen MR) is 132 cm³/mol. The Kier molecular flexibility index (Phi) is 9.76. The van der Waals surface area contributed by atoms with Gasteiger partial charge in [-0.3, -0.25) is 4.79 Å². The number of hydrogen-bond acceptors (Lipinski definition) is 8. The van der Waals surface area contributed by atoms with E-state index in [4.69, 9.17) is 14.9 Å². The van der Waals surface area contributed by atoms with Crippen LogP contribution in [0.3, 0.4) is 0 Å². The summed E-state index contributed by atoms with van der Waals surface area (Å²) < 4.78 is 44.0. The van der Waals surface area contributed by atoms with Crippen molar-refractivity contribution in [3.63, 3.8) is 0 Å². The summed E-state index contributed by atoms with van der Waals surface area (Å²) in [5.41, 5.74) is 6.49. The predicted octanol–water partition coefficient (Wildman–Crippen LogP) is 4.64. The third kappa shape index (κ3) is 6.86. The van der Waals surface area contributed by atoms with Gasteiger partial charge in [0.15, 0.2) is 23.0 Å². The molecule has 1 atom stereocenters. The van der Waals surface area contributed by atoms with Gasteiger partial charge in [0.05, 0.1) is 13.2 Å². The Bertz CT molecular complexity index is 986. The number of ether oxygens (including phenoxy) is 2. The van der Waals surface area contributed by atoms with Crippen LogP contribution >= 0.6 is 11.9 Å². The van der Waals surface area contributed by atoms with Crippen molar-refractivity contribution in [3.05, 3.63) is 29.7 Å². The molecule has 1 aromatic carbocycles. The summed E-state index contributed by atoms with van der Waals surface area (Å²) in [6.07, 6.45) is 4.13. The fourth-order valence-corrected chi connectivity index (χ4v) is 4.46. The van der Waals surface area contributed by atoms with Gasteiger partial charge in [-0.15, -0.1) is 0 Å². The molecule has 0 unspecified atom stereocenters. The second-order valence-corrected chi connectivity index (χ2v) is 9.05. The monoisotopic (exact) mass is 512 g/mol. The Labute approximate surface area is 209 Å². The number of nitrogens with zero attached hydrogens (tertiary/aromatic N) is 3. The zero-order valence-electron chi connectivity index (χ0n) is 20.6. The van der Waals surface area contributed by atoms with Gasteiger partial charge in [0.1, 0.15) is 0 Å². The molecule has 2 aromatic rings. The summed E-state index contributed by atoms with van der Waals surface area (Å²) in [6.45, 7) is 5.44. The largest absolute Gasteiger partial charge is 0.489 e. The molecule has 2 aliphatic rings. The van der Waals surface area contributed by atoms with Crippen molar-refractivity contribution in [2.24, 2.45) is 11.7 Å². The van der Waals surface area contributed by atoms with Crippen molar-refractivity contribution < 1.29 is 27.5 Å². The SMILES string of the molecule is CC.CSN1CCN(C(=O)c2nc(-c3ccc(OC(F)F)c(OCC4CC4)c3)oc2CN)C[C@H]1C. The number of piperazine rings is 1. The minimum atomic E-state index is -2.97. The van der Waals surface area contributed by atoms with E-state index >= 15 is 0 Å². The molecule has 1 saturated carbocycles. The van der Waals surface area contributed by atoms with Crippen molar-refractivity contribution in [1.82, 2.24) is 14.2 Å². The normalized spacial score (nSPS) is 18.3. The van der Waals surface area contributed by atoms with Gasteiger partial charge >= 0.3 is 6.61 Å². The minimum Gasteiger partial charge on any atom is -0.489 e. The molecule has 1 saturated heterocycles. The van der Waals surface area contributed by atoms with E-state index < -0.39 is 6.61 Å². The van der Waals surface area contributed by atoms with E-state index in [9.17, 15) is 13.6 Å². The van der Waals surface area contributed by atoms with E-state index in [0.29, 0.717) is 31.2 Å².